The first kappa shape index (κ1) is 20.4. The second kappa shape index (κ2) is 10.3. The van der Waals surface area contributed by atoms with Crippen LogP contribution in [-0.2, 0) is 11.3 Å². The van der Waals surface area contributed by atoms with Crippen LogP contribution in [0.1, 0.15) is 19.4 Å². The van der Waals surface area contributed by atoms with E-state index in [0.29, 0.717) is 18.9 Å². The Hall–Kier alpha value is -2.87. The van der Waals surface area contributed by atoms with Crippen molar-refractivity contribution < 1.29 is 18.7 Å². The maximum absolute atomic E-state index is 12.9. The van der Waals surface area contributed by atoms with Crippen LogP contribution in [0.2, 0.25) is 0 Å². The van der Waals surface area contributed by atoms with Gasteiger partial charge in [-0.15, -0.1) is 0 Å². The number of hydrogen-bond donors (Lipinski definition) is 3. The Balaban J connectivity index is 1.71. The molecule has 0 bridgehead atoms. The summed E-state index contributed by atoms with van der Waals surface area (Å²) in [7, 11) is 0. The first-order valence-electron chi connectivity index (χ1n) is 8.45. The third kappa shape index (κ3) is 7.10. The lowest BCUT2D eigenvalue weighted by Crippen LogP contribution is -2.50. The summed E-state index contributed by atoms with van der Waals surface area (Å²) in [5, 5.41) is 3.15. The van der Waals surface area contributed by atoms with E-state index >= 15 is 0 Å². The zero-order valence-corrected chi connectivity index (χ0v) is 15.9. The number of thiocarbonyl (C=S) groups is 1. The number of amides is 1. The summed E-state index contributed by atoms with van der Waals surface area (Å²) in [6.45, 7) is 4.52. The summed E-state index contributed by atoms with van der Waals surface area (Å²) in [4.78, 5) is 12.1. The van der Waals surface area contributed by atoms with Gasteiger partial charge in [0.05, 0.1) is 6.61 Å². The van der Waals surface area contributed by atoms with Crippen molar-refractivity contribution in [1.29, 1.82) is 0 Å². The molecule has 0 aliphatic carbocycles. The molecule has 0 saturated heterocycles. The van der Waals surface area contributed by atoms with Crippen molar-refractivity contribution in [3.63, 3.8) is 0 Å². The lowest BCUT2D eigenvalue weighted by Gasteiger charge is -2.16. The molecule has 6 nitrogen and oxygen atoms in total. The first-order chi connectivity index (χ1) is 13.0. The van der Waals surface area contributed by atoms with Crippen molar-refractivity contribution in [2.75, 3.05) is 6.61 Å². The van der Waals surface area contributed by atoms with Crippen LogP contribution in [0.3, 0.4) is 0 Å². The molecule has 27 heavy (non-hydrogen) atoms. The minimum Gasteiger partial charge on any atom is -0.494 e. The van der Waals surface area contributed by atoms with Crippen LogP contribution >= 0.6 is 12.2 Å². The topological polar surface area (TPSA) is 71.6 Å². The average Bonchev–Trinajstić information content (AvgIpc) is 2.67. The number of benzene rings is 2. The Labute approximate surface area is 163 Å². The zero-order valence-electron chi connectivity index (χ0n) is 15.1. The Morgan fingerprint density at radius 2 is 1.70 bits per heavy atom. The van der Waals surface area contributed by atoms with E-state index in [9.17, 15) is 9.18 Å². The van der Waals surface area contributed by atoms with Crippen LogP contribution < -0.4 is 25.6 Å². The van der Waals surface area contributed by atoms with E-state index in [2.05, 4.69) is 16.2 Å². The van der Waals surface area contributed by atoms with Gasteiger partial charge >= 0.3 is 0 Å². The average molecular weight is 391 g/mol. The fourth-order valence-electron chi connectivity index (χ4n) is 2.09. The molecule has 0 aliphatic rings. The third-order valence-electron chi connectivity index (χ3n) is 3.48. The fourth-order valence-corrected chi connectivity index (χ4v) is 2.21. The van der Waals surface area contributed by atoms with Crippen molar-refractivity contribution in [2.24, 2.45) is 0 Å². The predicted octanol–water partition coefficient (Wildman–Crippen LogP) is 2.69. The minimum atomic E-state index is -0.727. The Kier molecular flexibility index (Phi) is 7.81. The largest absolute Gasteiger partial charge is 0.494 e. The van der Waals surface area contributed by atoms with Gasteiger partial charge in [0.1, 0.15) is 17.3 Å². The van der Waals surface area contributed by atoms with E-state index in [1.165, 1.54) is 12.1 Å². The van der Waals surface area contributed by atoms with Crippen molar-refractivity contribution in [1.82, 2.24) is 16.2 Å². The molecule has 2 rings (SSSR count). The van der Waals surface area contributed by atoms with Gasteiger partial charge in [-0.2, -0.15) is 0 Å². The van der Waals surface area contributed by atoms with Crippen LogP contribution in [-0.4, -0.2) is 23.7 Å². The van der Waals surface area contributed by atoms with Gasteiger partial charge in [0, 0.05) is 6.54 Å². The highest BCUT2D eigenvalue weighted by Gasteiger charge is 2.14. The normalized spacial score (nSPS) is 11.2. The van der Waals surface area contributed by atoms with Crippen LogP contribution in [0.25, 0.3) is 0 Å². The molecule has 0 spiro atoms. The van der Waals surface area contributed by atoms with Crippen LogP contribution in [0.15, 0.2) is 48.5 Å². The minimum absolute atomic E-state index is 0.237. The summed E-state index contributed by atoms with van der Waals surface area (Å²) in [6.07, 6.45) is -0.727. The molecular weight excluding hydrogens is 369 g/mol. The molecule has 0 unspecified atom stereocenters. The van der Waals surface area contributed by atoms with Crippen LogP contribution in [0.5, 0.6) is 11.5 Å². The number of ether oxygens (including phenoxy) is 2. The van der Waals surface area contributed by atoms with Gasteiger partial charge in [-0.25, -0.2) is 4.39 Å². The zero-order chi connectivity index (χ0) is 19.6. The van der Waals surface area contributed by atoms with Gasteiger partial charge in [0.25, 0.3) is 5.91 Å². The second-order valence-electron chi connectivity index (χ2n) is 5.59. The summed E-state index contributed by atoms with van der Waals surface area (Å²) in [6, 6.07) is 13.1. The van der Waals surface area contributed by atoms with Gasteiger partial charge in [0.15, 0.2) is 11.2 Å². The van der Waals surface area contributed by atoms with Crippen LogP contribution in [0, 0.1) is 5.82 Å². The second-order valence-corrected chi connectivity index (χ2v) is 6.00. The molecular formula is C19H22FN3O3S. The summed E-state index contributed by atoms with van der Waals surface area (Å²) in [5.41, 5.74) is 5.94. The summed E-state index contributed by atoms with van der Waals surface area (Å²) in [5.74, 6) is 0.613. The molecule has 0 radical (unpaired) electrons. The van der Waals surface area contributed by atoms with E-state index in [1.807, 2.05) is 6.92 Å². The summed E-state index contributed by atoms with van der Waals surface area (Å²) < 4.78 is 23.8. The standard InChI is InChI=1S/C19H22FN3O3S/c1-3-25-16-8-10-17(11-9-16)26-13(2)18(24)22-23-19(27)21-12-14-4-6-15(20)7-5-14/h4-11,13H,3,12H2,1-2H3,(H,22,24)(H2,21,23,27)/t13-/m0/s1. The molecule has 0 aliphatic heterocycles. The third-order valence-corrected chi connectivity index (χ3v) is 3.73. The number of hydrazine groups is 1. The highest BCUT2D eigenvalue weighted by molar-refractivity contribution is 7.80. The maximum Gasteiger partial charge on any atom is 0.279 e. The number of hydrogen-bond acceptors (Lipinski definition) is 4. The van der Waals surface area contributed by atoms with Crippen molar-refractivity contribution in [3.8, 4) is 11.5 Å². The molecule has 2 aromatic carbocycles. The van der Waals surface area contributed by atoms with Gasteiger partial charge in [0.2, 0.25) is 0 Å². The monoisotopic (exact) mass is 391 g/mol. The van der Waals surface area contributed by atoms with E-state index in [1.54, 1.807) is 43.3 Å². The fraction of sp³-hybridized carbons (Fsp3) is 0.263. The lowest BCUT2D eigenvalue weighted by atomic mass is 10.2. The maximum atomic E-state index is 12.9. The Bertz CT molecular complexity index is 754. The van der Waals surface area contributed by atoms with Crippen molar-refractivity contribution in [3.05, 3.63) is 59.9 Å². The number of rotatable bonds is 7. The number of nitrogens with one attached hydrogen (secondary N) is 3. The van der Waals surface area contributed by atoms with Gasteiger partial charge in [-0.1, -0.05) is 12.1 Å². The first-order valence-corrected chi connectivity index (χ1v) is 8.86. The van der Waals surface area contributed by atoms with Gasteiger partial charge < -0.3 is 14.8 Å². The molecule has 144 valence electrons. The molecule has 0 fully saturated rings. The number of carbonyl (C=O) groups excluding carboxylic acids is 1. The SMILES string of the molecule is CCOc1ccc(O[C@@H](C)C(=O)NNC(=S)NCc2ccc(F)cc2)cc1. The predicted molar refractivity (Wildman–Crippen MR) is 105 cm³/mol. The Morgan fingerprint density at radius 1 is 1.07 bits per heavy atom. The molecule has 2 aromatic rings. The molecule has 1 atom stereocenters. The number of halogens is 1. The molecule has 0 heterocycles. The van der Waals surface area contributed by atoms with Crippen LogP contribution in [0.4, 0.5) is 4.39 Å². The molecule has 3 N–H and O–H groups in total. The summed E-state index contributed by atoms with van der Waals surface area (Å²) >= 11 is 5.09. The van der Waals surface area contributed by atoms with Gasteiger partial charge in [-0.3, -0.25) is 15.6 Å². The quantitative estimate of drug-likeness (QED) is 0.498. The van der Waals surface area contributed by atoms with Crippen molar-refractivity contribution in [2.45, 2.75) is 26.5 Å². The van der Waals surface area contributed by atoms with E-state index in [4.69, 9.17) is 21.7 Å². The van der Waals surface area contributed by atoms with E-state index < -0.39 is 6.10 Å². The molecule has 0 aromatic heterocycles. The van der Waals surface area contributed by atoms with E-state index in [-0.39, 0.29) is 16.8 Å². The van der Waals surface area contributed by atoms with Crippen molar-refractivity contribution >= 4 is 23.2 Å². The van der Waals surface area contributed by atoms with E-state index in [0.717, 1.165) is 11.3 Å². The highest BCUT2D eigenvalue weighted by Crippen LogP contribution is 2.18. The molecule has 0 saturated carbocycles. The highest BCUT2D eigenvalue weighted by atomic mass is 32.1. The smallest absolute Gasteiger partial charge is 0.279 e. The molecule has 1 amide bonds. The molecule has 8 heteroatoms. The van der Waals surface area contributed by atoms with Gasteiger partial charge in [-0.05, 0) is 68.0 Å². The lowest BCUT2D eigenvalue weighted by molar-refractivity contribution is -0.127. The Morgan fingerprint density at radius 3 is 2.33 bits per heavy atom. The number of carbonyl (C=O) groups is 1.